The van der Waals surface area contributed by atoms with Gasteiger partial charge in [0.1, 0.15) is 6.54 Å². The second-order valence-corrected chi connectivity index (χ2v) is 7.37. The molecule has 0 unspecified atom stereocenters. The standard InChI is InChI=1S/C13H18N2O5S/c1-9-5-11(16)12(20-2)6-15(9)7-13(17)14-10-3-4-21(18,19)8-10/h5-6,10H,3-4,7-8H2,1-2H3,(H,14,17)/t10-/m1/s1. The predicted molar refractivity (Wildman–Crippen MR) is 77.2 cm³/mol. The SMILES string of the molecule is COc1cn(CC(=O)N[C@@H]2CCS(=O)(=O)C2)c(C)cc1=O. The van der Waals surface area contributed by atoms with Crippen LogP contribution in [0.4, 0.5) is 0 Å². The third-order valence-corrected chi connectivity index (χ3v) is 5.21. The van der Waals surface area contributed by atoms with Gasteiger partial charge in [-0.15, -0.1) is 0 Å². The number of sulfone groups is 1. The van der Waals surface area contributed by atoms with Gasteiger partial charge in [-0.1, -0.05) is 0 Å². The van der Waals surface area contributed by atoms with Crippen LogP contribution in [0.5, 0.6) is 5.75 Å². The third kappa shape index (κ3) is 3.84. The molecule has 1 aromatic rings. The first kappa shape index (κ1) is 15.6. The molecule has 1 aliphatic rings. The maximum absolute atomic E-state index is 12.0. The molecular weight excluding hydrogens is 296 g/mol. The fraction of sp³-hybridized carbons (Fsp3) is 0.538. The summed E-state index contributed by atoms with van der Waals surface area (Å²) in [6.45, 7) is 1.73. The van der Waals surface area contributed by atoms with Crippen LogP contribution in [0.15, 0.2) is 17.1 Å². The zero-order chi connectivity index (χ0) is 15.6. The summed E-state index contributed by atoms with van der Waals surface area (Å²) in [7, 11) is -1.63. The molecule has 8 heteroatoms. The van der Waals surface area contributed by atoms with E-state index in [0.29, 0.717) is 12.1 Å². The number of ether oxygens (including phenoxy) is 1. The van der Waals surface area contributed by atoms with Crippen LogP contribution in [-0.4, -0.2) is 43.5 Å². The number of amides is 1. The molecule has 0 radical (unpaired) electrons. The molecule has 1 saturated heterocycles. The molecule has 116 valence electrons. The molecule has 7 nitrogen and oxygen atoms in total. The fourth-order valence-electron chi connectivity index (χ4n) is 2.31. The molecule has 1 N–H and O–H groups in total. The summed E-state index contributed by atoms with van der Waals surface area (Å²) in [6, 6.07) is 1.07. The van der Waals surface area contributed by atoms with Crippen molar-refractivity contribution in [1.82, 2.24) is 9.88 Å². The summed E-state index contributed by atoms with van der Waals surface area (Å²) in [5, 5.41) is 2.70. The highest BCUT2D eigenvalue weighted by molar-refractivity contribution is 7.91. The van der Waals surface area contributed by atoms with Gasteiger partial charge < -0.3 is 14.6 Å². The van der Waals surface area contributed by atoms with Crippen molar-refractivity contribution < 1.29 is 17.9 Å². The summed E-state index contributed by atoms with van der Waals surface area (Å²) in [4.78, 5) is 23.5. The van der Waals surface area contributed by atoms with Crippen LogP contribution in [0.2, 0.25) is 0 Å². The number of pyridine rings is 1. The van der Waals surface area contributed by atoms with Crippen LogP contribution >= 0.6 is 0 Å². The maximum Gasteiger partial charge on any atom is 0.240 e. The number of carbonyl (C=O) groups is 1. The average Bonchev–Trinajstić information content (AvgIpc) is 2.72. The average molecular weight is 314 g/mol. The van der Waals surface area contributed by atoms with Gasteiger partial charge in [0.25, 0.3) is 0 Å². The van der Waals surface area contributed by atoms with Crippen LogP contribution < -0.4 is 15.5 Å². The van der Waals surface area contributed by atoms with Crippen molar-refractivity contribution in [2.24, 2.45) is 0 Å². The number of hydrogen-bond acceptors (Lipinski definition) is 5. The Balaban J connectivity index is 2.05. The quantitative estimate of drug-likeness (QED) is 0.806. The number of nitrogens with zero attached hydrogens (tertiary/aromatic N) is 1. The van der Waals surface area contributed by atoms with Crippen LogP contribution in [-0.2, 0) is 21.2 Å². The zero-order valence-corrected chi connectivity index (χ0v) is 12.8. The number of aryl methyl sites for hydroxylation is 1. The molecule has 2 heterocycles. The van der Waals surface area contributed by atoms with E-state index in [2.05, 4.69) is 5.32 Å². The molecule has 1 atom stereocenters. The van der Waals surface area contributed by atoms with Crippen LogP contribution in [0.1, 0.15) is 12.1 Å². The van der Waals surface area contributed by atoms with Gasteiger partial charge in [0.05, 0.1) is 24.8 Å². The third-order valence-electron chi connectivity index (χ3n) is 3.44. The van der Waals surface area contributed by atoms with Crippen LogP contribution in [0, 0.1) is 6.92 Å². The van der Waals surface area contributed by atoms with Crippen molar-refractivity contribution in [2.75, 3.05) is 18.6 Å². The highest BCUT2D eigenvalue weighted by Crippen LogP contribution is 2.11. The largest absolute Gasteiger partial charge is 0.491 e. The van der Waals surface area contributed by atoms with Crippen molar-refractivity contribution in [3.63, 3.8) is 0 Å². The lowest BCUT2D eigenvalue weighted by Crippen LogP contribution is -2.38. The molecule has 0 saturated carbocycles. The van der Waals surface area contributed by atoms with E-state index in [-0.39, 0.29) is 41.2 Å². The summed E-state index contributed by atoms with van der Waals surface area (Å²) in [5.41, 5.74) is 0.392. The number of methoxy groups -OCH3 is 1. The Labute approximate surface area is 122 Å². The van der Waals surface area contributed by atoms with E-state index in [1.165, 1.54) is 19.4 Å². The first-order valence-corrected chi connectivity index (χ1v) is 8.38. The van der Waals surface area contributed by atoms with Gasteiger partial charge in [0.2, 0.25) is 11.3 Å². The number of aromatic nitrogens is 1. The summed E-state index contributed by atoms with van der Waals surface area (Å²) in [5.74, 6) is -0.0173. The number of rotatable bonds is 4. The van der Waals surface area contributed by atoms with E-state index in [9.17, 15) is 18.0 Å². The van der Waals surface area contributed by atoms with E-state index in [0.717, 1.165) is 0 Å². The van der Waals surface area contributed by atoms with Gasteiger partial charge in [-0.2, -0.15) is 0 Å². The molecule has 1 aromatic heterocycles. The highest BCUT2D eigenvalue weighted by atomic mass is 32.2. The Kier molecular flexibility index (Phi) is 4.36. The van der Waals surface area contributed by atoms with Gasteiger partial charge in [-0.05, 0) is 13.3 Å². The molecule has 0 aromatic carbocycles. The smallest absolute Gasteiger partial charge is 0.240 e. The van der Waals surface area contributed by atoms with E-state index in [1.54, 1.807) is 11.5 Å². The number of nitrogens with one attached hydrogen (secondary N) is 1. The predicted octanol–water partition coefficient (Wildman–Crippen LogP) is -0.531. The Morgan fingerprint density at radius 3 is 2.81 bits per heavy atom. The van der Waals surface area contributed by atoms with Gasteiger partial charge in [-0.3, -0.25) is 9.59 Å². The Bertz CT molecular complexity index is 708. The second kappa shape index (κ2) is 5.88. The number of hydrogen-bond donors (Lipinski definition) is 1. The van der Waals surface area contributed by atoms with E-state index in [1.807, 2.05) is 0 Å². The zero-order valence-electron chi connectivity index (χ0n) is 12.0. The Hall–Kier alpha value is -1.83. The van der Waals surface area contributed by atoms with Gasteiger partial charge >= 0.3 is 0 Å². The maximum atomic E-state index is 12.0. The minimum atomic E-state index is -3.02. The summed E-state index contributed by atoms with van der Waals surface area (Å²) < 4.78 is 29.2. The molecule has 21 heavy (non-hydrogen) atoms. The van der Waals surface area contributed by atoms with Crippen molar-refractivity contribution in [3.05, 3.63) is 28.2 Å². The van der Waals surface area contributed by atoms with E-state index < -0.39 is 9.84 Å². The van der Waals surface area contributed by atoms with Gasteiger partial charge in [0, 0.05) is 17.8 Å². The van der Waals surface area contributed by atoms with Crippen molar-refractivity contribution in [3.8, 4) is 5.75 Å². The molecular formula is C13H18N2O5S. The van der Waals surface area contributed by atoms with Crippen molar-refractivity contribution in [1.29, 1.82) is 0 Å². The first-order chi connectivity index (χ1) is 9.80. The lowest BCUT2D eigenvalue weighted by molar-refractivity contribution is -0.122. The van der Waals surface area contributed by atoms with Gasteiger partial charge in [-0.25, -0.2) is 8.42 Å². The Morgan fingerprint density at radius 2 is 2.24 bits per heavy atom. The summed E-state index contributed by atoms with van der Waals surface area (Å²) in [6.07, 6.45) is 1.92. The molecule has 2 rings (SSSR count). The van der Waals surface area contributed by atoms with Crippen LogP contribution in [0.3, 0.4) is 0 Å². The number of carbonyl (C=O) groups excluding carboxylic acids is 1. The minimum Gasteiger partial charge on any atom is -0.491 e. The topological polar surface area (TPSA) is 94.5 Å². The Morgan fingerprint density at radius 1 is 1.52 bits per heavy atom. The molecule has 1 fully saturated rings. The lowest BCUT2D eigenvalue weighted by Gasteiger charge is -2.14. The van der Waals surface area contributed by atoms with Crippen LogP contribution in [0.25, 0.3) is 0 Å². The summed E-state index contributed by atoms with van der Waals surface area (Å²) >= 11 is 0. The molecule has 1 amide bonds. The fourth-order valence-corrected chi connectivity index (χ4v) is 3.98. The van der Waals surface area contributed by atoms with E-state index >= 15 is 0 Å². The first-order valence-electron chi connectivity index (χ1n) is 6.55. The van der Waals surface area contributed by atoms with E-state index in [4.69, 9.17) is 4.74 Å². The monoisotopic (exact) mass is 314 g/mol. The normalized spacial score (nSPS) is 20.2. The second-order valence-electron chi connectivity index (χ2n) is 5.14. The molecule has 0 bridgehead atoms. The molecule has 0 aliphatic carbocycles. The van der Waals surface area contributed by atoms with Gasteiger partial charge in [0.15, 0.2) is 15.6 Å². The molecule has 0 spiro atoms. The van der Waals surface area contributed by atoms with Crippen molar-refractivity contribution >= 4 is 15.7 Å². The minimum absolute atomic E-state index is 0.00872. The molecule has 1 aliphatic heterocycles. The highest BCUT2D eigenvalue weighted by Gasteiger charge is 2.28. The van der Waals surface area contributed by atoms with Crippen molar-refractivity contribution in [2.45, 2.75) is 25.9 Å². The lowest BCUT2D eigenvalue weighted by atomic mass is 10.2.